The van der Waals surface area contributed by atoms with Gasteiger partial charge in [-0.1, -0.05) is 33.8 Å². The second kappa shape index (κ2) is 15.1. The lowest BCUT2D eigenvalue weighted by Crippen LogP contribution is -2.36. The van der Waals surface area contributed by atoms with Crippen molar-refractivity contribution in [2.24, 2.45) is 17.6 Å². The number of carbonyl (C=O) groups excluding carboxylic acids is 4. The molecule has 0 bridgehead atoms. The fraction of sp³-hybridized carbons (Fsp3) is 0.615. The molecule has 1 aromatic carbocycles. The topological polar surface area (TPSA) is 140 Å². The van der Waals surface area contributed by atoms with Crippen LogP contribution in [0.3, 0.4) is 0 Å². The van der Waals surface area contributed by atoms with Crippen molar-refractivity contribution < 1.29 is 42.9 Å². The second-order valence-electron chi connectivity index (χ2n) is 9.03. The molecule has 0 fully saturated rings. The van der Waals surface area contributed by atoms with Gasteiger partial charge in [-0.15, -0.1) is 0 Å². The zero-order valence-electron chi connectivity index (χ0n) is 22.2. The van der Waals surface area contributed by atoms with Crippen molar-refractivity contribution in [2.45, 2.75) is 86.0 Å². The Morgan fingerprint density at radius 2 is 1.36 bits per heavy atom. The number of nitrogens with two attached hydrogens (primary N) is 1. The van der Waals surface area contributed by atoms with Gasteiger partial charge in [-0.25, -0.2) is 4.79 Å². The van der Waals surface area contributed by atoms with Gasteiger partial charge < -0.3 is 29.4 Å². The van der Waals surface area contributed by atoms with Crippen molar-refractivity contribution >= 4 is 24.1 Å². The van der Waals surface area contributed by atoms with Crippen LogP contribution in [-0.4, -0.2) is 48.9 Å². The third-order valence-electron chi connectivity index (χ3n) is 5.31. The number of rotatable bonds is 13. The average molecular weight is 510 g/mol. The predicted octanol–water partition coefficient (Wildman–Crippen LogP) is 3.95. The molecule has 0 aromatic heterocycles. The molecule has 2 unspecified atom stereocenters. The summed E-state index contributed by atoms with van der Waals surface area (Å²) in [6.07, 6.45) is -0.672. The highest BCUT2D eigenvalue weighted by molar-refractivity contribution is 5.79. The quantitative estimate of drug-likeness (QED) is 0.307. The lowest BCUT2D eigenvalue weighted by Gasteiger charge is -2.18. The van der Waals surface area contributed by atoms with Gasteiger partial charge in [0.15, 0.2) is 11.5 Å². The molecular weight excluding hydrogens is 470 g/mol. The summed E-state index contributed by atoms with van der Waals surface area (Å²) < 4.78 is 26.0. The van der Waals surface area contributed by atoms with E-state index in [2.05, 4.69) is 0 Å². The first-order valence-corrected chi connectivity index (χ1v) is 12.2. The van der Waals surface area contributed by atoms with Crippen molar-refractivity contribution in [2.75, 3.05) is 6.61 Å². The van der Waals surface area contributed by atoms with Crippen molar-refractivity contribution in [1.82, 2.24) is 0 Å². The van der Waals surface area contributed by atoms with Crippen molar-refractivity contribution in [3.05, 3.63) is 23.8 Å². The van der Waals surface area contributed by atoms with E-state index in [1.54, 1.807) is 40.7 Å². The third kappa shape index (κ3) is 10.6. The van der Waals surface area contributed by atoms with Crippen LogP contribution < -0.4 is 15.2 Å². The molecule has 36 heavy (non-hydrogen) atoms. The molecule has 1 aromatic rings. The zero-order chi connectivity index (χ0) is 27.4. The molecule has 0 saturated heterocycles. The molecular formula is C26H39NO9. The van der Waals surface area contributed by atoms with Gasteiger partial charge in [0, 0.05) is 0 Å². The van der Waals surface area contributed by atoms with Crippen LogP contribution in [0.25, 0.3) is 0 Å². The summed E-state index contributed by atoms with van der Waals surface area (Å²) >= 11 is 0. The van der Waals surface area contributed by atoms with E-state index in [9.17, 15) is 19.2 Å². The Morgan fingerprint density at radius 1 is 0.806 bits per heavy atom. The molecule has 0 amide bonds. The Bertz CT molecular complexity index is 899. The Morgan fingerprint density at radius 3 is 1.89 bits per heavy atom. The first-order chi connectivity index (χ1) is 16.9. The number of ether oxygens (including phenoxy) is 5. The number of hydrogen-bond donors (Lipinski definition) is 1. The highest BCUT2D eigenvalue weighted by Gasteiger charge is 2.23. The minimum absolute atomic E-state index is 0.0664. The number of hydrogen-bond acceptors (Lipinski definition) is 10. The van der Waals surface area contributed by atoms with Crippen LogP contribution in [0.15, 0.2) is 18.2 Å². The SMILES string of the molecule is CCC(C)C(=O)Oc1ccc(C[C@H](N)C(=O)OC[C@H](C)OC(=O)OC(C)C)cc1OC(=O)C(C)CC. The molecule has 10 heteroatoms. The van der Waals surface area contributed by atoms with Crippen LogP contribution in [0.5, 0.6) is 11.5 Å². The number of carbonyl (C=O) groups is 4. The first-order valence-electron chi connectivity index (χ1n) is 12.2. The molecule has 202 valence electrons. The fourth-order valence-corrected chi connectivity index (χ4v) is 2.66. The van der Waals surface area contributed by atoms with Gasteiger partial charge in [-0.3, -0.25) is 14.4 Å². The van der Waals surface area contributed by atoms with Gasteiger partial charge in [-0.2, -0.15) is 0 Å². The fourth-order valence-electron chi connectivity index (χ4n) is 2.66. The molecule has 0 aliphatic rings. The predicted molar refractivity (Wildman–Crippen MR) is 131 cm³/mol. The molecule has 10 nitrogen and oxygen atoms in total. The van der Waals surface area contributed by atoms with E-state index >= 15 is 0 Å². The van der Waals surface area contributed by atoms with Crippen LogP contribution >= 0.6 is 0 Å². The Balaban J connectivity index is 2.88. The second-order valence-corrected chi connectivity index (χ2v) is 9.03. The van der Waals surface area contributed by atoms with E-state index < -0.39 is 36.2 Å². The van der Waals surface area contributed by atoms with E-state index in [1.165, 1.54) is 12.1 Å². The molecule has 0 heterocycles. The summed E-state index contributed by atoms with van der Waals surface area (Å²) in [6, 6.07) is 3.61. The summed E-state index contributed by atoms with van der Waals surface area (Å²) in [5, 5.41) is 0. The zero-order valence-corrected chi connectivity index (χ0v) is 22.2. The Kier molecular flexibility index (Phi) is 12.9. The maximum absolute atomic E-state index is 12.4. The van der Waals surface area contributed by atoms with Gasteiger partial charge in [0.05, 0.1) is 17.9 Å². The van der Waals surface area contributed by atoms with Crippen molar-refractivity contribution in [3.63, 3.8) is 0 Å². The minimum atomic E-state index is -1.04. The molecule has 0 aliphatic carbocycles. The van der Waals surface area contributed by atoms with Gasteiger partial charge in [0.1, 0.15) is 18.8 Å². The number of benzene rings is 1. The van der Waals surface area contributed by atoms with Crippen LogP contribution in [0, 0.1) is 11.8 Å². The monoisotopic (exact) mass is 509 g/mol. The largest absolute Gasteiger partial charge is 0.508 e. The molecule has 1 rings (SSSR count). The van der Waals surface area contributed by atoms with Crippen LogP contribution in [0.1, 0.15) is 66.9 Å². The number of esters is 3. The molecule has 2 N–H and O–H groups in total. The normalized spacial score (nSPS) is 14.2. The molecule has 0 spiro atoms. The highest BCUT2D eigenvalue weighted by Crippen LogP contribution is 2.31. The summed E-state index contributed by atoms with van der Waals surface area (Å²) in [5.41, 5.74) is 6.57. The van der Waals surface area contributed by atoms with Crippen molar-refractivity contribution in [3.8, 4) is 11.5 Å². The van der Waals surface area contributed by atoms with E-state index in [0.717, 1.165) is 0 Å². The van der Waals surface area contributed by atoms with Crippen LogP contribution in [0.2, 0.25) is 0 Å². The highest BCUT2D eigenvalue weighted by atomic mass is 16.7. The maximum atomic E-state index is 12.4. The van der Waals surface area contributed by atoms with Gasteiger partial charge in [0.25, 0.3) is 0 Å². The van der Waals surface area contributed by atoms with Crippen molar-refractivity contribution in [1.29, 1.82) is 0 Å². The minimum Gasteiger partial charge on any atom is -0.461 e. The van der Waals surface area contributed by atoms with E-state index in [1.807, 2.05) is 13.8 Å². The summed E-state index contributed by atoms with van der Waals surface area (Å²) in [5.74, 6) is -2.12. The molecule has 4 atom stereocenters. The van der Waals surface area contributed by atoms with E-state index in [-0.39, 0.29) is 42.5 Å². The molecule has 0 aliphatic heterocycles. The molecule has 0 saturated carbocycles. The maximum Gasteiger partial charge on any atom is 0.508 e. The average Bonchev–Trinajstić information content (AvgIpc) is 2.81. The summed E-state index contributed by atoms with van der Waals surface area (Å²) in [4.78, 5) is 48.6. The van der Waals surface area contributed by atoms with E-state index in [0.29, 0.717) is 18.4 Å². The van der Waals surface area contributed by atoms with Crippen LogP contribution in [0.4, 0.5) is 4.79 Å². The van der Waals surface area contributed by atoms with Gasteiger partial charge in [0.2, 0.25) is 0 Å². The first kappa shape index (κ1) is 30.9. The lowest BCUT2D eigenvalue weighted by molar-refractivity contribution is -0.148. The van der Waals surface area contributed by atoms with Gasteiger partial charge in [-0.05, 0) is 57.7 Å². The van der Waals surface area contributed by atoms with Crippen LogP contribution in [-0.2, 0) is 35.0 Å². The summed E-state index contributed by atoms with van der Waals surface area (Å²) in [7, 11) is 0. The van der Waals surface area contributed by atoms with E-state index in [4.69, 9.17) is 29.4 Å². The standard InChI is InChI=1S/C26H39NO9/c1-8-16(5)23(28)35-21-11-10-19(13-22(21)36-24(29)17(6)9-2)12-20(27)25(30)32-14-18(7)34-26(31)33-15(3)4/h10-11,13,15-18,20H,8-9,12,14,27H2,1-7H3/t16?,17?,18-,20-/m0/s1. The summed E-state index contributed by atoms with van der Waals surface area (Å²) in [6.45, 7) is 11.9. The third-order valence-corrected chi connectivity index (χ3v) is 5.31. The Labute approximate surface area is 212 Å². The molecule has 0 radical (unpaired) electrons. The Hall–Kier alpha value is -3.14. The van der Waals surface area contributed by atoms with Gasteiger partial charge >= 0.3 is 24.1 Å². The lowest BCUT2D eigenvalue weighted by atomic mass is 10.1. The smallest absolute Gasteiger partial charge is 0.461 e.